The van der Waals surface area contributed by atoms with Crippen molar-refractivity contribution in [2.45, 2.75) is 26.3 Å². The average molecular weight is 504 g/mol. The Hall–Kier alpha value is -3.85. The molecule has 9 heteroatoms. The zero-order valence-corrected chi connectivity index (χ0v) is 20.9. The van der Waals surface area contributed by atoms with E-state index in [9.17, 15) is 14.0 Å². The van der Waals surface area contributed by atoms with Gasteiger partial charge in [-0.2, -0.15) is 5.10 Å². The van der Waals surface area contributed by atoms with E-state index in [1.54, 1.807) is 20.7 Å². The normalized spacial score (nSPS) is 15.8. The molecule has 4 aromatic rings. The Bertz CT molecular complexity index is 1380. The Morgan fingerprint density at radius 3 is 2.50 bits per heavy atom. The van der Waals surface area contributed by atoms with E-state index in [1.165, 1.54) is 35.6 Å². The molecule has 0 radical (unpaired) electrons. The highest BCUT2D eigenvalue weighted by Crippen LogP contribution is 2.26. The summed E-state index contributed by atoms with van der Waals surface area (Å²) in [6, 6.07) is 15.3. The standard InChI is InChI=1S/C27H26FN5O2S/c1-3-24-22(15-29-33(24)27-30-23(17-36-27)19-7-5-4-6-8-19)26(35)31-13-14-32(18(2)16-31)25(34)20-9-11-21(28)12-10-20/h4-12,15,17-18H,3,13-14,16H2,1-2H3. The maximum atomic E-state index is 13.5. The summed E-state index contributed by atoms with van der Waals surface area (Å²) in [5.41, 5.74) is 3.71. The number of halogens is 1. The Kier molecular flexibility index (Phi) is 6.65. The summed E-state index contributed by atoms with van der Waals surface area (Å²) >= 11 is 1.49. The third kappa shape index (κ3) is 4.54. The van der Waals surface area contributed by atoms with Crippen LogP contribution in [-0.2, 0) is 6.42 Å². The molecule has 3 heterocycles. The fourth-order valence-corrected chi connectivity index (χ4v) is 5.35. The molecule has 36 heavy (non-hydrogen) atoms. The summed E-state index contributed by atoms with van der Waals surface area (Å²) in [6.45, 7) is 5.16. The number of hydrogen-bond donors (Lipinski definition) is 0. The van der Waals surface area contributed by atoms with Crippen LogP contribution in [0.5, 0.6) is 0 Å². The SMILES string of the molecule is CCc1c(C(=O)N2CCN(C(=O)c3ccc(F)cc3)C(C)C2)cnn1-c1nc(-c2ccccc2)cs1. The van der Waals surface area contributed by atoms with Crippen LogP contribution < -0.4 is 0 Å². The molecule has 184 valence electrons. The van der Waals surface area contributed by atoms with Gasteiger partial charge < -0.3 is 9.80 Å². The molecule has 1 aliphatic heterocycles. The van der Waals surface area contributed by atoms with Gasteiger partial charge in [0.15, 0.2) is 0 Å². The molecule has 0 N–H and O–H groups in total. The van der Waals surface area contributed by atoms with Gasteiger partial charge in [-0.05, 0) is 37.6 Å². The van der Waals surface area contributed by atoms with Crippen LogP contribution in [0.15, 0.2) is 66.2 Å². The van der Waals surface area contributed by atoms with Crippen molar-refractivity contribution in [1.82, 2.24) is 24.6 Å². The molecular formula is C27H26FN5O2S. The molecule has 1 saturated heterocycles. The smallest absolute Gasteiger partial charge is 0.257 e. The van der Waals surface area contributed by atoms with Gasteiger partial charge in [0.05, 0.1) is 23.1 Å². The van der Waals surface area contributed by atoms with Gasteiger partial charge in [-0.1, -0.05) is 37.3 Å². The van der Waals surface area contributed by atoms with Crippen molar-refractivity contribution in [3.05, 3.63) is 88.8 Å². The van der Waals surface area contributed by atoms with Gasteiger partial charge in [0, 0.05) is 42.2 Å². The molecule has 2 aromatic heterocycles. The molecule has 2 aromatic carbocycles. The second kappa shape index (κ2) is 10.0. The molecule has 7 nitrogen and oxygen atoms in total. The lowest BCUT2D eigenvalue weighted by Gasteiger charge is -2.40. The van der Waals surface area contributed by atoms with Crippen LogP contribution in [0.3, 0.4) is 0 Å². The number of carbonyl (C=O) groups excluding carboxylic acids is 2. The van der Waals surface area contributed by atoms with Crippen LogP contribution in [0, 0.1) is 5.82 Å². The Morgan fingerprint density at radius 2 is 1.81 bits per heavy atom. The summed E-state index contributed by atoms with van der Waals surface area (Å²) < 4.78 is 15.0. The number of amides is 2. The van der Waals surface area contributed by atoms with Crippen molar-refractivity contribution in [2.75, 3.05) is 19.6 Å². The predicted molar refractivity (Wildman–Crippen MR) is 137 cm³/mol. The lowest BCUT2D eigenvalue weighted by molar-refractivity contribution is 0.0414. The molecule has 0 aliphatic carbocycles. The first-order valence-corrected chi connectivity index (χ1v) is 12.8. The topological polar surface area (TPSA) is 71.3 Å². The lowest BCUT2D eigenvalue weighted by atomic mass is 10.1. The second-order valence-electron chi connectivity index (χ2n) is 8.76. The van der Waals surface area contributed by atoms with Crippen molar-refractivity contribution in [3.63, 3.8) is 0 Å². The minimum atomic E-state index is -0.378. The highest BCUT2D eigenvalue weighted by atomic mass is 32.1. The maximum Gasteiger partial charge on any atom is 0.257 e. The van der Waals surface area contributed by atoms with Gasteiger partial charge in [-0.15, -0.1) is 11.3 Å². The second-order valence-corrected chi connectivity index (χ2v) is 9.59. The largest absolute Gasteiger partial charge is 0.335 e. The number of benzene rings is 2. The van der Waals surface area contributed by atoms with Gasteiger partial charge in [0.2, 0.25) is 5.13 Å². The molecule has 0 spiro atoms. The van der Waals surface area contributed by atoms with E-state index in [-0.39, 0.29) is 23.7 Å². The summed E-state index contributed by atoms with van der Waals surface area (Å²) in [5, 5.41) is 7.22. The number of carbonyl (C=O) groups is 2. The number of hydrogen-bond acceptors (Lipinski definition) is 5. The Balaban J connectivity index is 1.32. The Labute approximate surface area is 212 Å². The number of thiazole rings is 1. The van der Waals surface area contributed by atoms with Gasteiger partial charge in [0.1, 0.15) is 5.82 Å². The third-order valence-electron chi connectivity index (χ3n) is 6.44. The molecule has 2 amide bonds. The van der Waals surface area contributed by atoms with Gasteiger partial charge >= 0.3 is 0 Å². The summed E-state index contributed by atoms with van der Waals surface area (Å²) in [6.07, 6.45) is 2.24. The van der Waals surface area contributed by atoms with Crippen molar-refractivity contribution in [3.8, 4) is 16.4 Å². The third-order valence-corrected chi connectivity index (χ3v) is 7.26. The van der Waals surface area contributed by atoms with Crippen LogP contribution in [0.2, 0.25) is 0 Å². The van der Waals surface area contributed by atoms with Crippen LogP contribution >= 0.6 is 11.3 Å². The highest BCUT2D eigenvalue weighted by molar-refractivity contribution is 7.12. The monoisotopic (exact) mass is 503 g/mol. The highest BCUT2D eigenvalue weighted by Gasteiger charge is 2.32. The summed E-state index contributed by atoms with van der Waals surface area (Å²) in [7, 11) is 0. The fraction of sp³-hybridized carbons (Fsp3) is 0.259. The number of nitrogens with zero attached hydrogens (tertiary/aromatic N) is 5. The van der Waals surface area contributed by atoms with E-state index in [1.807, 2.05) is 49.6 Å². The number of aromatic nitrogens is 3. The van der Waals surface area contributed by atoms with E-state index < -0.39 is 0 Å². The van der Waals surface area contributed by atoms with Crippen molar-refractivity contribution in [1.29, 1.82) is 0 Å². The molecule has 1 fully saturated rings. The molecule has 1 atom stereocenters. The molecule has 1 aliphatic rings. The molecule has 1 unspecified atom stereocenters. The van der Waals surface area contributed by atoms with Gasteiger partial charge in [-0.3, -0.25) is 9.59 Å². The molecular weight excluding hydrogens is 477 g/mol. The van der Waals surface area contributed by atoms with E-state index in [2.05, 4.69) is 5.10 Å². The zero-order chi connectivity index (χ0) is 25.2. The first kappa shape index (κ1) is 23.9. The fourth-order valence-electron chi connectivity index (χ4n) is 4.53. The average Bonchev–Trinajstić information content (AvgIpc) is 3.56. The van der Waals surface area contributed by atoms with Crippen molar-refractivity contribution in [2.24, 2.45) is 0 Å². The minimum absolute atomic E-state index is 0.0985. The van der Waals surface area contributed by atoms with Crippen molar-refractivity contribution >= 4 is 23.2 Å². The van der Waals surface area contributed by atoms with Crippen molar-refractivity contribution < 1.29 is 14.0 Å². The Morgan fingerprint density at radius 1 is 1.06 bits per heavy atom. The predicted octanol–water partition coefficient (Wildman–Crippen LogP) is 4.68. The number of rotatable bonds is 5. The quantitative estimate of drug-likeness (QED) is 0.396. The summed E-state index contributed by atoms with van der Waals surface area (Å²) in [4.78, 5) is 34.7. The molecule has 0 saturated carbocycles. The molecule has 0 bridgehead atoms. The lowest BCUT2D eigenvalue weighted by Crippen LogP contribution is -2.55. The zero-order valence-electron chi connectivity index (χ0n) is 20.1. The van der Waals surface area contributed by atoms with Gasteiger partial charge in [0.25, 0.3) is 11.8 Å². The minimum Gasteiger partial charge on any atom is -0.335 e. The van der Waals surface area contributed by atoms with Crippen LogP contribution in [0.25, 0.3) is 16.4 Å². The first-order valence-electron chi connectivity index (χ1n) is 11.9. The van der Waals surface area contributed by atoms with Crippen LogP contribution in [0.1, 0.15) is 40.3 Å². The molecule has 5 rings (SSSR count). The summed E-state index contributed by atoms with van der Waals surface area (Å²) in [5.74, 6) is -0.635. The first-order chi connectivity index (χ1) is 17.5. The van der Waals surface area contributed by atoms with Crippen LogP contribution in [-0.4, -0.2) is 62.1 Å². The maximum absolute atomic E-state index is 13.5. The van der Waals surface area contributed by atoms with E-state index in [4.69, 9.17) is 4.98 Å². The van der Waals surface area contributed by atoms with E-state index in [0.29, 0.717) is 42.3 Å². The van der Waals surface area contributed by atoms with Crippen LogP contribution in [0.4, 0.5) is 4.39 Å². The van der Waals surface area contributed by atoms with E-state index >= 15 is 0 Å². The number of piperazine rings is 1. The van der Waals surface area contributed by atoms with E-state index in [0.717, 1.165) is 17.0 Å². The van der Waals surface area contributed by atoms with Gasteiger partial charge in [-0.25, -0.2) is 14.1 Å².